The number of oxime groups is 1. The number of amides is 2. The summed E-state index contributed by atoms with van der Waals surface area (Å²) in [6.45, 7) is -0.0871. The topological polar surface area (TPSA) is 219 Å². The Morgan fingerprint density at radius 2 is 2.09 bits per heavy atom. The molecule has 1 saturated carbocycles. The molecule has 4 rings (SSSR count). The van der Waals surface area contributed by atoms with Crippen molar-refractivity contribution in [2.24, 2.45) is 11.1 Å². The Labute approximate surface area is 196 Å². The summed E-state index contributed by atoms with van der Waals surface area (Å²) in [7, 11) is -4.95. The molecule has 0 spiro atoms. The number of thiazole rings is 1. The number of ether oxygens (including phenoxy) is 1. The van der Waals surface area contributed by atoms with Crippen LogP contribution in [0.15, 0.2) is 10.5 Å². The van der Waals surface area contributed by atoms with Gasteiger partial charge in [-0.05, 0) is 0 Å². The van der Waals surface area contributed by atoms with Gasteiger partial charge >= 0.3 is 22.4 Å². The fourth-order valence-electron chi connectivity index (χ4n) is 3.62. The maximum Gasteiger partial charge on any atom is 0.410 e. The van der Waals surface area contributed by atoms with Gasteiger partial charge in [-0.1, -0.05) is 5.16 Å². The smallest absolute Gasteiger partial charge is 0.410 e. The van der Waals surface area contributed by atoms with Gasteiger partial charge in [0.15, 0.2) is 16.6 Å². The molecule has 1 aliphatic carbocycles. The Morgan fingerprint density at radius 3 is 2.59 bits per heavy atom. The summed E-state index contributed by atoms with van der Waals surface area (Å²) in [5.41, 5.74) is 3.66. The third kappa shape index (κ3) is 4.40. The van der Waals surface area contributed by atoms with Crippen molar-refractivity contribution in [2.45, 2.75) is 30.9 Å². The van der Waals surface area contributed by atoms with Crippen LogP contribution in [0.5, 0.6) is 0 Å². The number of carbonyl (C=O) groups is 4. The summed E-state index contributed by atoms with van der Waals surface area (Å²) in [6, 6.07) is -1.23. The number of aromatic nitrogens is 1. The maximum absolute atomic E-state index is 13.1. The molecule has 2 saturated heterocycles. The normalized spacial score (nSPS) is 24.0. The monoisotopic (exact) mass is 517 g/mol. The van der Waals surface area contributed by atoms with E-state index >= 15 is 0 Å². The predicted octanol–water partition coefficient (Wildman–Crippen LogP) is -0.896. The van der Waals surface area contributed by atoms with Gasteiger partial charge in [0.05, 0.1) is 18.5 Å². The second kappa shape index (κ2) is 8.48. The number of β-lactam (4-membered cyclic amide) rings is 1. The van der Waals surface area contributed by atoms with Gasteiger partial charge in [-0.2, -0.15) is 8.42 Å². The first-order valence-electron chi connectivity index (χ1n) is 9.89. The number of nitrogens with two attached hydrogens (primary N) is 1. The Hall–Kier alpha value is -3.31. The van der Waals surface area contributed by atoms with Crippen molar-refractivity contribution < 1.29 is 46.8 Å². The molecule has 0 aromatic carbocycles. The second-order valence-corrected chi connectivity index (χ2v) is 10.1. The maximum atomic E-state index is 13.1. The van der Waals surface area contributed by atoms with Gasteiger partial charge in [-0.15, -0.1) is 11.3 Å². The molecule has 3 aliphatic rings. The van der Waals surface area contributed by atoms with E-state index in [1.165, 1.54) is 5.38 Å². The highest BCUT2D eigenvalue weighted by Gasteiger charge is 2.56. The Morgan fingerprint density at radius 1 is 1.38 bits per heavy atom. The molecule has 0 radical (unpaired) electrons. The number of cyclic esters (lactones) is 1. The first-order valence-corrected chi connectivity index (χ1v) is 12.2. The van der Waals surface area contributed by atoms with E-state index in [4.69, 9.17) is 15.3 Å². The van der Waals surface area contributed by atoms with E-state index < -0.39 is 63.8 Å². The van der Waals surface area contributed by atoms with Crippen LogP contribution in [0.25, 0.3) is 0 Å². The van der Waals surface area contributed by atoms with E-state index in [1.807, 2.05) is 0 Å². The zero-order valence-electron chi connectivity index (χ0n) is 17.3. The standard InChI is InChI=1S/C17H19N5O10S2/c18-15-19-9(7-33-15)12(20-32-17(1-2-17)14(25)26)11(23)5-8-10(6-21-3-4-31-16(21)27)22(13(8)24)34(28,29)30/h7-8,10H,1-6H2,(H2,18,19)(H,25,26)(H,28,29,30)/b20-12-/t8-,10+/m0/s1. The van der Waals surface area contributed by atoms with Crippen LogP contribution in [0.3, 0.4) is 0 Å². The van der Waals surface area contributed by atoms with E-state index in [0.29, 0.717) is 0 Å². The Kier molecular flexibility index (Phi) is 5.94. The minimum absolute atomic E-state index is 0.00762. The third-order valence-electron chi connectivity index (χ3n) is 5.64. The molecule has 4 N–H and O–H groups in total. The molecular weight excluding hydrogens is 498 g/mol. The number of Topliss-reactive ketones (excluding diaryl/α,β-unsaturated/α-hetero) is 1. The second-order valence-electron chi connectivity index (χ2n) is 7.88. The molecule has 0 bridgehead atoms. The SMILES string of the molecule is Nc1nc(/C(=N/OC2(C(=O)O)CC2)C(=O)C[C@@H]2C(=O)N(S(=O)(=O)O)[C@@H]2CN2CCOC2=O)cs1. The van der Waals surface area contributed by atoms with Crippen LogP contribution in [0.1, 0.15) is 25.0 Å². The van der Waals surface area contributed by atoms with Crippen LogP contribution in [0.2, 0.25) is 0 Å². The zero-order valence-corrected chi connectivity index (χ0v) is 19.0. The van der Waals surface area contributed by atoms with Crippen molar-refractivity contribution in [1.29, 1.82) is 0 Å². The minimum Gasteiger partial charge on any atom is -0.478 e. The Bertz CT molecular complexity index is 1190. The first-order chi connectivity index (χ1) is 15.9. The molecule has 184 valence electrons. The fourth-order valence-corrected chi connectivity index (χ4v) is 5.09. The molecule has 3 heterocycles. The molecular formula is C17H19N5O10S2. The summed E-state index contributed by atoms with van der Waals surface area (Å²) >= 11 is 0.987. The average Bonchev–Trinajstić information content (AvgIpc) is 3.26. The lowest BCUT2D eigenvalue weighted by molar-refractivity contribution is -0.153. The van der Waals surface area contributed by atoms with Crippen molar-refractivity contribution >= 4 is 56.2 Å². The molecule has 34 heavy (non-hydrogen) atoms. The lowest BCUT2D eigenvalue weighted by Gasteiger charge is -2.45. The van der Waals surface area contributed by atoms with Gasteiger partial charge in [0.2, 0.25) is 11.5 Å². The molecule has 2 amide bonds. The van der Waals surface area contributed by atoms with Gasteiger partial charge in [0.25, 0.3) is 0 Å². The molecule has 17 heteroatoms. The van der Waals surface area contributed by atoms with Crippen LogP contribution in [0.4, 0.5) is 9.93 Å². The van der Waals surface area contributed by atoms with E-state index in [9.17, 15) is 37.3 Å². The predicted molar refractivity (Wildman–Crippen MR) is 112 cm³/mol. The van der Waals surface area contributed by atoms with Gasteiger partial charge in [-0.25, -0.2) is 18.9 Å². The summed E-state index contributed by atoms with van der Waals surface area (Å²) in [5.74, 6) is -4.32. The number of aliphatic carboxylic acids is 1. The van der Waals surface area contributed by atoms with E-state index in [2.05, 4.69) is 10.1 Å². The summed E-state index contributed by atoms with van der Waals surface area (Å²) in [5, 5.41) is 14.5. The van der Waals surface area contributed by atoms with Crippen molar-refractivity contribution in [3.63, 3.8) is 0 Å². The van der Waals surface area contributed by atoms with E-state index in [1.54, 1.807) is 0 Å². The molecule has 3 fully saturated rings. The van der Waals surface area contributed by atoms with E-state index in [-0.39, 0.29) is 47.7 Å². The number of anilines is 1. The molecule has 1 aromatic rings. The number of nitrogen functional groups attached to an aromatic ring is 1. The Balaban J connectivity index is 1.57. The number of carbonyl (C=O) groups excluding carboxylic acids is 3. The van der Waals surface area contributed by atoms with Crippen molar-refractivity contribution in [3.8, 4) is 0 Å². The van der Waals surface area contributed by atoms with Crippen LogP contribution in [0, 0.1) is 5.92 Å². The number of rotatable bonds is 10. The lowest BCUT2D eigenvalue weighted by Crippen LogP contribution is -2.66. The fraction of sp³-hybridized carbons (Fsp3) is 0.529. The van der Waals surface area contributed by atoms with Crippen LogP contribution < -0.4 is 5.73 Å². The summed E-state index contributed by atoms with van der Waals surface area (Å²) in [6.07, 6.45) is -0.926. The van der Waals surface area contributed by atoms with Crippen molar-refractivity contribution in [2.75, 3.05) is 25.4 Å². The largest absolute Gasteiger partial charge is 0.478 e. The number of carboxylic acids is 1. The summed E-state index contributed by atoms with van der Waals surface area (Å²) < 4.78 is 37.8. The van der Waals surface area contributed by atoms with Gasteiger partial charge < -0.3 is 25.3 Å². The highest BCUT2D eigenvalue weighted by atomic mass is 32.2. The number of nitrogens with zero attached hydrogens (tertiary/aromatic N) is 4. The minimum atomic E-state index is -4.95. The van der Waals surface area contributed by atoms with Crippen LogP contribution in [-0.2, 0) is 34.3 Å². The molecule has 2 atom stereocenters. The quantitative estimate of drug-likeness (QED) is 0.149. The highest BCUT2D eigenvalue weighted by molar-refractivity contribution is 7.84. The van der Waals surface area contributed by atoms with Crippen LogP contribution >= 0.6 is 11.3 Å². The first kappa shape index (κ1) is 23.8. The lowest BCUT2D eigenvalue weighted by atomic mass is 9.84. The highest BCUT2D eigenvalue weighted by Crippen LogP contribution is 2.40. The van der Waals surface area contributed by atoms with Crippen LogP contribution in [-0.4, -0.2) is 93.1 Å². The van der Waals surface area contributed by atoms with Gasteiger partial charge in [0, 0.05) is 31.2 Å². The number of hydrogen-bond acceptors (Lipinski definition) is 12. The third-order valence-corrected chi connectivity index (χ3v) is 7.26. The molecule has 15 nitrogen and oxygen atoms in total. The number of ketones is 1. The zero-order chi connectivity index (χ0) is 24.8. The van der Waals surface area contributed by atoms with E-state index in [0.717, 1.165) is 16.2 Å². The van der Waals surface area contributed by atoms with Crippen molar-refractivity contribution in [3.05, 3.63) is 11.1 Å². The number of hydrogen-bond donors (Lipinski definition) is 3. The summed E-state index contributed by atoms with van der Waals surface area (Å²) in [4.78, 5) is 59.0. The number of carboxylic acid groups (broad SMARTS) is 1. The average molecular weight is 517 g/mol. The van der Waals surface area contributed by atoms with Crippen molar-refractivity contribution in [1.82, 2.24) is 14.2 Å². The molecule has 1 aromatic heterocycles. The van der Waals surface area contributed by atoms with Gasteiger partial charge in [0.1, 0.15) is 12.3 Å². The molecule has 2 aliphatic heterocycles. The molecule has 0 unspecified atom stereocenters. The van der Waals surface area contributed by atoms with Gasteiger partial charge in [-0.3, -0.25) is 14.1 Å².